The van der Waals surface area contributed by atoms with Gasteiger partial charge in [-0.2, -0.15) is 4.99 Å². The molecule has 1 aromatic rings. The van der Waals surface area contributed by atoms with E-state index < -0.39 is 0 Å². The third-order valence-electron chi connectivity index (χ3n) is 1.71. The van der Waals surface area contributed by atoms with Crippen LogP contribution in [0.5, 0.6) is 0 Å². The zero-order valence-electron chi connectivity index (χ0n) is 7.90. The van der Waals surface area contributed by atoms with E-state index >= 15 is 0 Å². The highest BCUT2D eigenvalue weighted by Gasteiger charge is 2.03. The van der Waals surface area contributed by atoms with Crippen molar-refractivity contribution in [1.82, 2.24) is 0 Å². The predicted molar refractivity (Wildman–Crippen MR) is 58.2 cm³/mol. The van der Waals surface area contributed by atoms with Crippen molar-refractivity contribution in [1.29, 1.82) is 0 Å². The Labute approximate surface area is 91.3 Å². The summed E-state index contributed by atoms with van der Waals surface area (Å²) in [5.74, 6) is 0. The van der Waals surface area contributed by atoms with Gasteiger partial charge in [0.05, 0.1) is 22.6 Å². The summed E-state index contributed by atoms with van der Waals surface area (Å²) in [7, 11) is 0. The SMILES string of the molecule is Cc1cc(Cl)c(N=CC=O)cc1N=C=O. The summed E-state index contributed by atoms with van der Waals surface area (Å²) >= 11 is 5.87. The van der Waals surface area contributed by atoms with Crippen molar-refractivity contribution in [3.63, 3.8) is 0 Å². The number of benzene rings is 1. The third-order valence-corrected chi connectivity index (χ3v) is 2.01. The minimum absolute atomic E-state index is 0.392. The molecular formula is C10H7ClN2O2. The molecule has 0 bridgehead atoms. The van der Waals surface area contributed by atoms with Crippen molar-refractivity contribution in [3.05, 3.63) is 22.7 Å². The van der Waals surface area contributed by atoms with E-state index in [9.17, 15) is 9.59 Å². The molecule has 0 aliphatic rings. The fourth-order valence-corrected chi connectivity index (χ4v) is 1.30. The van der Waals surface area contributed by atoms with Gasteiger partial charge in [-0.05, 0) is 24.6 Å². The zero-order chi connectivity index (χ0) is 11.3. The molecule has 0 fully saturated rings. The molecule has 0 atom stereocenters. The number of hydrogen-bond acceptors (Lipinski definition) is 4. The Morgan fingerprint density at radius 3 is 2.73 bits per heavy atom. The van der Waals surface area contributed by atoms with Gasteiger partial charge in [0.25, 0.3) is 0 Å². The highest BCUT2D eigenvalue weighted by Crippen LogP contribution is 2.32. The molecule has 0 unspecified atom stereocenters. The van der Waals surface area contributed by atoms with E-state index in [1.165, 1.54) is 12.1 Å². The van der Waals surface area contributed by atoms with Gasteiger partial charge in [0, 0.05) is 0 Å². The molecule has 1 aromatic carbocycles. The van der Waals surface area contributed by atoms with Gasteiger partial charge >= 0.3 is 0 Å². The molecule has 0 radical (unpaired) electrons. The molecule has 1 rings (SSSR count). The Hall–Kier alpha value is -1.77. The molecule has 0 amide bonds. The molecule has 0 aromatic heterocycles. The largest absolute Gasteiger partial charge is 0.297 e. The van der Waals surface area contributed by atoms with E-state index in [0.29, 0.717) is 22.7 Å². The molecule has 4 nitrogen and oxygen atoms in total. The number of nitrogens with zero attached hydrogens (tertiary/aromatic N) is 2. The van der Waals surface area contributed by atoms with Gasteiger partial charge < -0.3 is 0 Å². The molecule has 0 N–H and O–H groups in total. The number of aliphatic imine (C=N–C) groups is 2. The summed E-state index contributed by atoms with van der Waals surface area (Å²) in [6.45, 7) is 1.76. The first kappa shape index (κ1) is 11.3. The summed E-state index contributed by atoms with van der Waals surface area (Å²) in [4.78, 5) is 27.5. The first-order chi connectivity index (χ1) is 7.19. The first-order valence-corrected chi connectivity index (χ1v) is 4.42. The van der Waals surface area contributed by atoms with Crippen molar-refractivity contribution < 1.29 is 9.59 Å². The van der Waals surface area contributed by atoms with Crippen LogP contribution in [-0.2, 0) is 9.59 Å². The van der Waals surface area contributed by atoms with Crippen LogP contribution < -0.4 is 0 Å². The lowest BCUT2D eigenvalue weighted by molar-refractivity contribution is -0.102. The summed E-state index contributed by atoms with van der Waals surface area (Å²) in [5.41, 5.74) is 1.57. The molecule has 76 valence electrons. The van der Waals surface area contributed by atoms with E-state index in [1.54, 1.807) is 13.0 Å². The summed E-state index contributed by atoms with van der Waals surface area (Å²) in [6, 6.07) is 3.14. The summed E-state index contributed by atoms with van der Waals surface area (Å²) < 4.78 is 0. The van der Waals surface area contributed by atoms with Crippen molar-refractivity contribution in [2.24, 2.45) is 9.98 Å². The zero-order valence-corrected chi connectivity index (χ0v) is 8.65. The lowest BCUT2D eigenvalue weighted by atomic mass is 10.2. The Kier molecular flexibility index (Phi) is 3.92. The number of rotatable bonds is 3. The van der Waals surface area contributed by atoms with Crippen molar-refractivity contribution >= 4 is 41.6 Å². The number of aryl methyl sites for hydroxylation is 1. The van der Waals surface area contributed by atoms with Crippen LogP contribution in [0.2, 0.25) is 5.02 Å². The van der Waals surface area contributed by atoms with Crippen LogP contribution >= 0.6 is 11.6 Å². The van der Waals surface area contributed by atoms with Gasteiger partial charge in [0.2, 0.25) is 6.08 Å². The van der Waals surface area contributed by atoms with E-state index in [0.717, 1.165) is 11.8 Å². The fraction of sp³-hybridized carbons (Fsp3) is 0.100. The average Bonchev–Trinajstić information content (AvgIpc) is 2.20. The van der Waals surface area contributed by atoms with E-state index in [2.05, 4.69) is 9.98 Å². The summed E-state index contributed by atoms with van der Waals surface area (Å²) in [5, 5.41) is 0.399. The number of hydrogen-bond donors (Lipinski definition) is 0. The Morgan fingerprint density at radius 2 is 2.13 bits per heavy atom. The molecule has 15 heavy (non-hydrogen) atoms. The number of carbonyl (C=O) groups is 1. The van der Waals surface area contributed by atoms with Gasteiger partial charge in [0.1, 0.15) is 0 Å². The van der Waals surface area contributed by atoms with Gasteiger partial charge in [0.15, 0.2) is 6.29 Å². The highest BCUT2D eigenvalue weighted by atomic mass is 35.5. The number of carbonyl (C=O) groups excluding carboxylic acids is 2. The molecule has 5 heteroatoms. The maximum absolute atomic E-state index is 10.1. The Bertz CT molecular complexity index is 463. The average molecular weight is 223 g/mol. The third kappa shape index (κ3) is 2.84. The fourth-order valence-electron chi connectivity index (χ4n) is 1.03. The number of aldehydes is 1. The molecule has 0 heterocycles. The van der Waals surface area contributed by atoms with Crippen LogP contribution in [0, 0.1) is 6.92 Å². The molecular weight excluding hydrogens is 216 g/mol. The van der Waals surface area contributed by atoms with Crippen LogP contribution in [0.3, 0.4) is 0 Å². The maximum Gasteiger partial charge on any atom is 0.240 e. The van der Waals surface area contributed by atoms with Crippen molar-refractivity contribution in [2.45, 2.75) is 6.92 Å². The number of halogens is 1. The second-order valence-electron chi connectivity index (χ2n) is 2.71. The maximum atomic E-state index is 10.1. The van der Waals surface area contributed by atoms with E-state index in [-0.39, 0.29) is 0 Å². The van der Waals surface area contributed by atoms with Crippen LogP contribution in [0.25, 0.3) is 0 Å². The van der Waals surface area contributed by atoms with Crippen LogP contribution in [0.4, 0.5) is 11.4 Å². The second-order valence-corrected chi connectivity index (χ2v) is 3.11. The van der Waals surface area contributed by atoms with Gasteiger partial charge in [-0.25, -0.2) is 4.79 Å². The predicted octanol–water partition coefficient (Wildman–Crippen LogP) is 2.52. The minimum atomic E-state index is 0.392. The van der Waals surface area contributed by atoms with Crippen LogP contribution in [-0.4, -0.2) is 18.6 Å². The standard InChI is InChI=1S/C10H7ClN2O2/c1-7-4-8(11)10(12-2-3-14)5-9(7)13-6-15/h2-5H,1H3. The van der Waals surface area contributed by atoms with Gasteiger partial charge in [-0.1, -0.05) is 11.6 Å². The normalized spacial score (nSPS) is 10.0. The molecule has 0 saturated carbocycles. The lowest BCUT2D eigenvalue weighted by Crippen LogP contribution is -1.78. The minimum Gasteiger partial charge on any atom is -0.297 e. The van der Waals surface area contributed by atoms with Crippen LogP contribution in [0.15, 0.2) is 22.1 Å². The summed E-state index contributed by atoms with van der Waals surface area (Å²) in [6.07, 6.45) is 3.05. The molecule has 0 aliphatic carbocycles. The van der Waals surface area contributed by atoms with E-state index in [1.807, 2.05) is 0 Å². The number of isocyanates is 1. The second kappa shape index (κ2) is 5.20. The van der Waals surface area contributed by atoms with Gasteiger partial charge in [-0.15, -0.1) is 0 Å². The quantitative estimate of drug-likeness (QED) is 0.448. The molecule has 0 aliphatic heterocycles. The molecule has 0 saturated heterocycles. The lowest BCUT2D eigenvalue weighted by Gasteiger charge is -2.02. The highest BCUT2D eigenvalue weighted by molar-refractivity contribution is 6.33. The van der Waals surface area contributed by atoms with E-state index in [4.69, 9.17) is 11.6 Å². The van der Waals surface area contributed by atoms with Crippen molar-refractivity contribution in [3.8, 4) is 0 Å². The topological polar surface area (TPSA) is 58.9 Å². The van der Waals surface area contributed by atoms with Crippen molar-refractivity contribution in [2.75, 3.05) is 0 Å². The van der Waals surface area contributed by atoms with Gasteiger partial charge in [-0.3, -0.25) is 9.79 Å². The monoisotopic (exact) mass is 222 g/mol. The first-order valence-electron chi connectivity index (χ1n) is 4.05. The Balaban J connectivity index is 3.28. The van der Waals surface area contributed by atoms with Crippen LogP contribution in [0.1, 0.15) is 5.56 Å². The smallest absolute Gasteiger partial charge is 0.240 e. The Morgan fingerprint density at radius 1 is 1.40 bits per heavy atom. The molecule has 0 spiro atoms.